The Morgan fingerprint density at radius 3 is 1.94 bits per heavy atom. The van der Waals surface area contributed by atoms with E-state index >= 15 is 0 Å². The lowest BCUT2D eigenvalue weighted by atomic mass is 9.95. The molecule has 1 aliphatic heterocycles. The summed E-state index contributed by atoms with van der Waals surface area (Å²) in [6, 6.07) is 0. The lowest BCUT2D eigenvalue weighted by molar-refractivity contribution is -0.160. The van der Waals surface area contributed by atoms with E-state index in [0.717, 1.165) is 6.29 Å². The van der Waals surface area contributed by atoms with Crippen LogP contribution in [-0.2, 0) is 27.9 Å². The molecule has 0 bridgehead atoms. The van der Waals surface area contributed by atoms with Gasteiger partial charge in [0.05, 0.1) is 31.8 Å². The van der Waals surface area contributed by atoms with E-state index in [1.807, 2.05) is 0 Å². The monoisotopic (exact) mass is 526 g/mol. The number of hydrogen-bond donors (Lipinski definition) is 0. The summed E-state index contributed by atoms with van der Waals surface area (Å²) >= 11 is 0. The van der Waals surface area contributed by atoms with Crippen molar-refractivity contribution in [2.75, 3.05) is 7.11 Å². The number of aldehydes is 1. The lowest BCUT2D eigenvalue weighted by Crippen LogP contribution is -2.59. The Balaban J connectivity index is 2.45. The minimum atomic E-state index is -2.16. The van der Waals surface area contributed by atoms with Crippen molar-refractivity contribution in [2.24, 2.45) is 17.8 Å². The summed E-state index contributed by atoms with van der Waals surface area (Å²) in [5.41, 5.74) is 0. The van der Waals surface area contributed by atoms with Gasteiger partial charge in [-0.3, -0.25) is 4.79 Å². The van der Waals surface area contributed by atoms with Gasteiger partial charge in [0.1, 0.15) is 12.4 Å². The number of carbonyl (C=O) groups is 2. The zero-order valence-electron chi connectivity index (χ0n) is 24.1. The second-order valence-corrected chi connectivity index (χ2v) is 23.0. The SMILES string of the molecule is COC(=O)C[C@@H]1C[C@H](O[Si](C)(C)C(C)(C)C)[C@@H](O[Si](C)(C)C(C)(C)C)[C@H](/C=C/[C@H]2[C@H](C)[C@@H]2C=O)O1. The first-order valence-corrected chi connectivity index (χ1v) is 18.9. The summed E-state index contributed by atoms with van der Waals surface area (Å²) in [6.45, 7) is 24.5. The van der Waals surface area contributed by atoms with Crippen molar-refractivity contribution in [1.29, 1.82) is 0 Å². The van der Waals surface area contributed by atoms with Crippen LogP contribution < -0.4 is 0 Å². The van der Waals surface area contributed by atoms with Crippen molar-refractivity contribution < 1.29 is 27.9 Å². The molecule has 0 radical (unpaired) electrons. The molecule has 0 unspecified atom stereocenters. The average molecular weight is 527 g/mol. The summed E-state index contributed by atoms with van der Waals surface area (Å²) in [5.74, 6) is 0.353. The minimum Gasteiger partial charge on any atom is -0.469 e. The molecule has 1 saturated carbocycles. The van der Waals surface area contributed by atoms with Crippen LogP contribution in [-0.4, -0.2) is 60.4 Å². The molecule has 7 atom stereocenters. The molecule has 0 spiro atoms. The van der Waals surface area contributed by atoms with Crippen LogP contribution in [0.15, 0.2) is 12.2 Å². The number of methoxy groups -OCH3 is 1. The lowest BCUT2D eigenvalue weighted by Gasteiger charge is -2.49. The normalized spacial score (nSPS) is 32.5. The van der Waals surface area contributed by atoms with Crippen LogP contribution in [0.4, 0.5) is 0 Å². The predicted molar refractivity (Wildman–Crippen MR) is 145 cm³/mol. The molecule has 0 N–H and O–H groups in total. The summed E-state index contributed by atoms with van der Waals surface area (Å²) in [4.78, 5) is 23.5. The van der Waals surface area contributed by atoms with Gasteiger partial charge >= 0.3 is 5.97 Å². The van der Waals surface area contributed by atoms with Gasteiger partial charge in [0.25, 0.3) is 0 Å². The molecular weight excluding hydrogens is 476 g/mol. The number of esters is 1. The summed E-state index contributed by atoms with van der Waals surface area (Å²) in [6.07, 6.45) is 4.85. The van der Waals surface area contributed by atoms with Gasteiger partial charge in [-0.05, 0) is 48.1 Å². The maximum Gasteiger partial charge on any atom is 0.308 e. The fourth-order valence-electron chi connectivity index (χ4n) is 4.13. The highest BCUT2D eigenvalue weighted by Gasteiger charge is 2.50. The van der Waals surface area contributed by atoms with Crippen molar-refractivity contribution in [3.63, 3.8) is 0 Å². The third-order valence-electron chi connectivity index (χ3n) is 8.84. The van der Waals surface area contributed by atoms with E-state index < -0.39 is 16.6 Å². The van der Waals surface area contributed by atoms with Crippen molar-refractivity contribution in [2.45, 2.75) is 122 Å². The molecule has 0 aromatic carbocycles. The zero-order valence-corrected chi connectivity index (χ0v) is 26.1. The van der Waals surface area contributed by atoms with Gasteiger partial charge in [0, 0.05) is 12.3 Å². The molecule has 2 rings (SSSR count). The van der Waals surface area contributed by atoms with Gasteiger partial charge in [-0.1, -0.05) is 60.6 Å². The maximum absolute atomic E-state index is 12.2. The molecular formula is C27H50O6Si2. The fourth-order valence-corrected chi connectivity index (χ4v) is 6.79. The van der Waals surface area contributed by atoms with Crippen molar-refractivity contribution in [3.05, 3.63) is 12.2 Å². The smallest absolute Gasteiger partial charge is 0.308 e. The molecule has 8 heteroatoms. The Morgan fingerprint density at radius 2 is 1.49 bits per heavy atom. The Kier molecular flexibility index (Phi) is 9.47. The molecule has 2 aliphatic rings. The molecule has 0 aromatic rings. The van der Waals surface area contributed by atoms with Gasteiger partial charge in [0.2, 0.25) is 0 Å². The van der Waals surface area contributed by atoms with Gasteiger partial charge < -0.3 is 23.1 Å². The quantitative estimate of drug-likeness (QED) is 0.156. The molecule has 1 saturated heterocycles. The van der Waals surface area contributed by atoms with E-state index in [-0.39, 0.29) is 58.7 Å². The first kappa shape index (κ1) is 30.4. The molecule has 6 nitrogen and oxygen atoms in total. The number of allylic oxidation sites excluding steroid dienone is 1. The standard InChI is InChI=1S/C27H50O6Si2/c1-18-20(21(18)17-28)13-14-22-25(33-35(11,12)27(5,6)7)23(32-34(9,10)26(2,3)4)15-19(31-22)16-24(29)30-8/h13-14,17-23,25H,15-16H2,1-12H3/b14-13+/t18-,19-,20-,21-,22-,23-,25-/m0/s1. The van der Waals surface area contributed by atoms with E-state index in [0.29, 0.717) is 12.3 Å². The van der Waals surface area contributed by atoms with Crippen LogP contribution in [0, 0.1) is 17.8 Å². The first-order valence-electron chi connectivity index (χ1n) is 13.1. The number of rotatable bonds is 9. The zero-order chi connectivity index (χ0) is 27.0. The van der Waals surface area contributed by atoms with E-state index in [9.17, 15) is 9.59 Å². The van der Waals surface area contributed by atoms with E-state index in [1.165, 1.54) is 7.11 Å². The third-order valence-corrected chi connectivity index (χ3v) is 17.8. The third kappa shape index (κ3) is 7.37. The van der Waals surface area contributed by atoms with Crippen molar-refractivity contribution in [3.8, 4) is 0 Å². The van der Waals surface area contributed by atoms with E-state index in [1.54, 1.807) is 0 Å². The van der Waals surface area contributed by atoms with Gasteiger partial charge in [0.15, 0.2) is 16.6 Å². The minimum absolute atomic E-state index is 0.0271. The number of ether oxygens (including phenoxy) is 2. The second-order valence-electron chi connectivity index (χ2n) is 13.5. The van der Waals surface area contributed by atoms with Crippen LogP contribution in [0.2, 0.25) is 36.3 Å². The molecule has 1 aliphatic carbocycles. The van der Waals surface area contributed by atoms with Crippen LogP contribution >= 0.6 is 0 Å². The largest absolute Gasteiger partial charge is 0.469 e. The molecule has 2 fully saturated rings. The Morgan fingerprint density at radius 1 is 0.943 bits per heavy atom. The van der Waals surface area contributed by atoms with E-state index in [2.05, 4.69) is 86.8 Å². The highest BCUT2D eigenvalue weighted by atomic mass is 28.4. The molecule has 202 valence electrons. The topological polar surface area (TPSA) is 71.1 Å². The maximum atomic E-state index is 12.2. The van der Waals surface area contributed by atoms with Crippen molar-refractivity contribution in [1.82, 2.24) is 0 Å². The average Bonchev–Trinajstić information content (AvgIpc) is 3.34. The molecule has 35 heavy (non-hydrogen) atoms. The first-order chi connectivity index (χ1) is 15.8. The number of hydrogen-bond acceptors (Lipinski definition) is 6. The summed E-state index contributed by atoms with van der Waals surface area (Å²) < 4.78 is 25.5. The van der Waals surface area contributed by atoms with Crippen LogP contribution in [0.5, 0.6) is 0 Å². The Labute approximate surface area is 215 Å². The fraction of sp³-hybridized carbons (Fsp3) is 0.852. The Bertz CT molecular complexity index is 780. The van der Waals surface area contributed by atoms with Gasteiger partial charge in [-0.15, -0.1) is 0 Å². The predicted octanol–water partition coefficient (Wildman–Crippen LogP) is 6.13. The molecule has 0 aromatic heterocycles. The van der Waals surface area contributed by atoms with Gasteiger partial charge in [-0.2, -0.15) is 0 Å². The summed E-state index contributed by atoms with van der Waals surface area (Å²) in [5, 5.41) is 0.0654. The summed E-state index contributed by atoms with van der Waals surface area (Å²) in [7, 11) is -2.88. The van der Waals surface area contributed by atoms with Crippen LogP contribution in [0.3, 0.4) is 0 Å². The van der Waals surface area contributed by atoms with Crippen molar-refractivity contribution >= 4 is 28.9 Å². The molecule has 1 heterocycles. The van der Waals surface area contributed by atoms with Crippen LogP contribution in [0.25, 0.3) is 0 Å². The highest BCUT2D eigenvalue weighted by Crippen LogP contribution is 2.46. The van der Waals surface area contributed by atoms with Gasteiger partial charge in [-0.25, -0.2) is 0 Å². The highest BCUT2D eigenvalue weighted by molar-refractivity contribution is 6.74. The number of carbonyl (C=O) groups excluding carboxylic acids is 2. The van der Waals surface area contributed by atoms with Crippen LogP contribution in [0.1, 0.15) is 61.3 Å². The molecule has 0 amide bonds. The second kappa shape index (κ2) is 10.9. The Hall–Kier alpha value is -0.806. The van der Waals surface area contributed by atoms with E-state index in [4.69, 9.17) is 18.3 Å².